The van der Waals surface area contributed by atoms with Gasteiger partial charge in [-0.15, -0.1) is 0 Å². The Morgan fingerprint density at radius 3 is 3.06 bits per heavy atom. The molecular formula is C11H14N4O2. The van der Waals surface area contributed by atoms with Gasteiger partial charge in [0.25, 0.3) is 0 Å². The number of benzene rings is 1. The fourth-order valence-corrected chi connectivity index (χ4v) is 1.66. The molecule has 0 aliphatic heterocycles. The molecular weight excluding hydrogens is 220 g/mol. The number of aryl methyl sites for hydroxylation is 1. The number of nitrogens with one attached hydrogen (secondary N) is 1. The first kappa shape index (κ1) is 11.6. The van der Waals surface area contributed by atoms with Gasteiger partial charge >= 0.3 is 0 Å². The summed E-state index contributed by atoms with van der Waals surface area (Å²) >= 11 is 0. The van der Waals surface area contributed by atoms with Gasteiger partial charge < -0.3 is 10.2 Å². The molecule has 0 spiro atoms. The van der Waals surface area contributed by atoms with Gasteiger partial charge in [0, 0.05) is 19.4 Å². The van der Waals surface area contributed by atoms with E-state index in [2.05, 4.69) is 10.4 Å². The number of hydrogen-bond acceptors (Lipinski definition) is 5. The molecule has 1 aromatic heterocycles. The summed E-state index contributed by atoms with van der Waals surface area (Å²) in [6.45, 7) is 1.78. The van der Waals surface area contributed by atoms with E-state index in [1.165, 1.54) is 0 Å². The minimum Gasteiger partial charge on any atom is -0.441 e. The van der Waals surface area contributed by atoms with Crippen molar-refractivity contribution >= 4 is 17.0 Å². The highest BCUT2D eigenvalue weighted by atomic mass is 16.3. The minimum absolute atomic E-state index is 0.134. The first-order chi connectivity index (χ1) is 8.10. The third-order valence-electron chi connectivity index (χ3n) is 2.51. The van der Waals surface area contributed by atoms with Crippen LogP contribution in [-0.2, 0) is 4.79 Å². The SMILES string of the molecule is Cc1nc2ccc(C(N)CC(=O)NN)cc2o1. The number of fused-ring (bicyclic) bond motifs is 1. The highest BCUT2D eigenvalue weighted by molar-refractivity contribution is 5.77. The van der Waals surface area contributed by atoms with Gasteiger partial charge in [-0.1, -0.05) is 6.07 Å². The number of oxazole rings is 1. The summed E-state index contributed by atoms with van der Waals surface area (Å²) < 4.78 is 5.40. The van der Waals surface area contributed by atoms with Crippen LogP contribution < -0.4 is 17.0 Å². The number of nitrogens with zero attached hydrogens (tertiary/aromatic N) is 1. The topological polar surface area (TPSA) is 107 Å². The molecule has 1 heterocycles. The van der Waals surface area contributed by atoms with Crippen LogP contribution >= 0.6 is 0 Å². The van der Waals surface area contributed by atoms with E-state index >= 15 is 0 Å². The zero-order valence-corrected chi connectivity index (χ0v) is 9.43. The predicted octanol–water partition coefficient (Wildman–Crippen LogP) is 0.516. The Kier molecular flexibility index (Phi) is 3.08. The average molecular weight is 234 g/mol. The Bertz CT molecular complexity index is 549. The summed E-state index contributed by atoms with van der Waals surface area (Å²) in [5.41, 5.74) is 10.2. The zero-order valence-electron chi connectivity index (χ0n) is 9.43. The number of nitrogens with two attached hydrogens (primary N) is 2. The van der Waals surface area contributed by atoms with Gasteiger partial charge in [0.15, 0.2) is 11.5 Å². The maximum Gasteiger partial charge on any atom is 0.235 e. The van der Waals surface area contributed by atoms with Gasteiger partial charge in [-0.05, 0) is 17.7 Å². The fourth-order valence-electron chi connectivity index (χ4n) is 1.66. The van der Waals surface area contributed by atoms with Crippen LogP contribution in [0, 0.1) is 6.92 Å². The molecule has 6 nitrogen and oxygen atoms in total. The standard InChI is InChI=1S/C11H14N4O2/c1-6-14-9-3-2-7(4-10(9)17-6)8(12)5-11(16)15-13/h2-4,8H,5,12-13H2,1H3,(H,15,16). The largest absolute Gasteiger partial charge is 0.441 e. The van der Waals surface area contributed by atoms with Crippen LogP contribution in [-0.4, -0.2) is 10.9 Å². The lowest BCUT2D eigenvalue weighted by atomic mass is 10.0. The highest BCUT2D eigenvalue weighted by Gasteiger charge is 2.12. The number of carbonyl (C=O) groups excluding carboxylic acids is 1. The average Bonchev–Trinajstić information content (AvgIpc) is 2.67. The van der Waals surface area contributed by atoms with E-state index in [-0.39, 0.29) is 12.3 Å². The van der Waals surface area contributed by atoms with Crippen LogP contribution in [0.4, 0.5) is 0 Å². The summed E-state index contributed by atoms with van der Waals surface area (Å²) in [6.07, 6.45) is 0.134. The molecule has 2 aromatic rings. The third kappa shape index (κ3) is 2.43. The Hall–Kier alpha value is -1.92. The third-order valence-corrected chi connectivity index (χ3v) is 2.51. The molecule has 2 rings (SSSR count). The second-order valence-electron chi connectivity index (χ2n) is 3.84. The minimum atomic E-state index is -0.409. The van der Waals surface area contributed by atoms with Crippen LogP contribution in [0.3, 0.4) is 0 Å². The van der Waals surface area contributed by atoms with Gasteiger partial charge in [-0.3, -0.25) is 10.2 Å². The van der Waals surface area contributed by atoms with E-state index in [9.17, 15) is 4.79 Å². The van der Waals surface area contributed by atoms with E-state index in [4.69, 9.17) is 16.0 Å². The molecule has 0 saturated carbocycles. The van der Waals surface area contributed by atoms with Crippen molar-refractivity contribution in [1.29, 1.82) is 0 Å². The molecule has 90 valence electrons. The Labute approximate surface area is 97.9 Å². The molecule has 0 radical (unpaired) electrons. The molecule has 0 aliphatic carbocycles. The van der Waals surface area contributed by atoms with Crippen molar-refractivity contribution < 1.29 is 9.21 Å². The maximum atomic E-state index is 11.1. The van der Waals surface area contributed by atoms with Crippen LogP contribution in [0.5, 0.6) is 0 Å². The number of rotatable bonds is 3. The molecule has 1 atom stereocenters. The fraction of sp³-hybridized carbons (Fsp3) is 0.273. The molecule has 0 aliphatic rings. The number of amides is 1. The smallest absolute Gasteiger partial charge is 0.235 e. The van der Waals surface area contributed by atoms with Crippen LogP contribution in [0.25, 0.3) is 11.1 Å². The van der Waals surface area contributed by atoms with Gasteiger partial charge in [-0.25, -0.2) is 10.8 Å². The molecule has 6 heteroatoms. The number of hydrazine groups is 1. The molecule has 1 unspecified atom stereocenters. The Morgan fingerprint density at radius 1 is 1.59 bits per heavy atom. The van der Waals surface area contributed by atoms with Crippen molar-refractivity contribution in [3.8, 4) is 0 Å². The van der Waals surface area contributed by atoms with E-state index in [1.807, 2.05) is 12.1 Å². The molecule has 0 bridgehead atoms. The number of carbonyl (C=O) groups is 1. The van der Waals surface area contributed by atoms with E-state index in [0.29, 0.717) is 11.5 Å². The monoisotopic (exact) mass is 234 g/mol. The summed E-state index contributed by atoms with van der Waals surface area (Å²) in [5, 5.41) is 0. The van der Waals surface area contributed by atoms with Crippen molar-refractivity contribution in [2.24, 2.45) is 11.6 Å². The van der Waals surface area contributed by atoms with Crippen molar-refractivity contribution in [2.75, 3.05) is 0 Å². The lowest BCUT2D eigenvalue weighted by Gasteiger charge is -2.10. The van der Waals surface area contributed by atoms with E-state index < -0.39 is 6.04 Å². The van der Waals surface area contributed by atoms with Crippen molar-refractivity contribution in [3.05, 3.63) is 29.7 Å². The van der Waals surface area contributed by atoms with Crippen molar-refractivity contribution in [1.82, 2.24) is 10.4 Å². The lowest BCUT2D eigenvalue weighted by Crippen LogP contribution is -2.32. The lowest BCUT2D eigenvalue weighted by molar-refractivity contribution is -0.121. The number of hydrogen-bond donors (Lipinski definition) is 3. The van der Waals surface area contributed by atoms with Gasteiger partial charge in [-0.2, -0.15) is 0 Å². The Morgan fingerprint density at radius 2 is 2.35 bits per heavy atom. The van der Waals surface area contributed by atoms with Gasteiger partial charge in [0.2, 0.25) is 5.91 Å². The quantitative estimate of drug-likeness (QED) is 0.407. The van der Waals surface area contributed by atoms with Crippen molar-refractivity contribution in [3.63, 3.8) is 0 Å². The molecule has 0 fully saturated rings. The zero-order chi connectivity index (χ0) is 12.4. The Balaban J connectivity index is 2.26. The molecule has 0 saturated heterocycles. The molecule has 5 N–H and O–H groups in total. The van der Waals surface area contributed by atoms with Crippen LogP contribution in [0.2, 0.25) is 0 Å². The summed E-state index contributed by atoms with van der Waals surface area (Å²) in [7, 11) is 0. The first-order valence-corrected chi connectivity index (χ1v) is 5.22. The van der Waals surface area contributed by atoms with Crippen molar-refractivity contribution in [2.45, 2.75) is 19.4 Å². The number of aromatic nitrogens is 1. The molecule has 1 aromatic carbocycles. The van der Waals surface area contributed by atoms with Gasteiger partial charge in [0.1, 0.15) is 5.52 Å². The van der Waals surface area contributed by atoms with E-state index in [1.54, 1.807) is 13.0 Å². The summed E-state index contributed by atoms with van der Waals surface area (Å²) in [5.74, 6) is 5.31. The predicted molar refractivity (Wildman–Crippen MR) is 62.6 cm³/mol. The van der Waals surface area contributed by atoms with E-state index in [0.717, 1.165) is 11.1 Å². The normalized spacial score (nSPS) is 12.6. The first-order valence-electron chi connectivity index (χ1n) is 5.22. The van der Waals surface area contributed by atoms with Gasteiger partial charge in [0.05, 0.1) is 0 Å². The molecule has 17 heavy (non-hydrogen) atoms. The highest BCUT2D eigenvalue weighted by Crippen LogP contribution is 2.21. The maximum absolute atomic E-state index is 11.1. The summed E-state index contributed by atoms with van der Waals surface area (Å²) in [4.78, 5) is 15.3. The molecule has 1 amide bonds. The summed E-state index contributed by atoms with van der Waals surface area (Å²) in [6, 6.07) is 5.04. The second kappa shape index (κ2) is 4.52. The van der Waals surface area contributed by atoms with Crippen LogP contribution in [0.1, 0.15) is 23.9 Å². The second-order valence-corrected chi connectivity index (χ2v) is 3.84. The van der Waals surface area contributed by atoms with Crippen LogP contribution in [0.15, 0.2) is 22.6 Å².